The van der Waals surface area contributed by atoms with E-state index in [2.05, 4.69) is 10.2 Å². The van der Waals surface area contributed by atoms with Gasteiger partial charge in [-0.3, -0.25) is 4.57 Å². The third kappa shape index (κ3) is 0.840. The minimum Gasteiger partial charge on any atom is -0.373 e. The highest BCUT2D eigenvalue weighted by molar-refractivity contribution is 4.60. The minimum absolute atomic E-state index is 0.523. The van der Waals surface area contributed by atoms with Crippen LogP contribution in [0.25, 0.3) is 0 Å². The third-order valence-electron chi connectivity index (χ3n) is 0.868. The van der Waals surface area contributed by atoms with Crippen LogP contribution in [0.15, 0.2) is 12.7 Å². The van der Waals surface area contributed by atoms with Crippen LogP contribution < -0.4 is 0 Å². The fourth-order valence-corrected chi connectivity index (χ4v) is 0.402. The highest BCUT2D eigenvalue weighted by Gasteiger charge is 1.93. The lowest BCUT2D eigenvalue weighted by atomic mass is 10.6. The van der Waals surface area contributed by atoms with Gasteiger partial charge in [-0.25, -0.2) is 0 Å². The van der Waals surface area contributed by atoms with E-state index in [-0.39, 0.29) is 0 Å². The normalized spacial score (nSPS) is 13.8. The van der Waals surface area contributed by atoms with Crippen LogP contribution in [0, 0.1) is 0 Å². The highest BCUT2D eigenvalue weighted by Crippen LogP contribution is 1.94. The molecule has 4 heteroatoms. The minimum atomic E-state index is -0.523. The molecule has 0 bridgehead atoms. The van der Waals surface area contributed by atoms with E-state index < -0.39 is 6.23 Å². The van der Waals surface area contributed by atoms with Crippen molar-refractivity contribution in [1.82, 2.24) is 14.8 Å². The molecule has 1 unspecified atom stereocenters. The van der Waals surface area contributed by atoms with Crippen molar-refractivity contribution in [2.75, 3.05) is 0 Å². The lowest BCUT2D eigenvalue weighted by molar-refractivity contribution is 0.124. The van der Waals surface area contributed by atoms with E-state index in [0.29, 0.717) is 0 Å². The van der Waals surface area contributed by atoms with Gasteiger partial charge in [0.25, 0.3) is 0 Å². The molecule has 0 spiro atoms. The quantitative estimate of drug-likeness (QED) is 0.548. The Morgan fingerprint density at radius 3 is 2.25 bits per heavy atom. The fourth-order valence-electron chi connectivity index (χ4n) is 0.402. The lowest BCUT2D eigenvalue weighted by Crippen LogP contribution is -1.99. The summed E-state index contributed by atoms with van der Waals surface area (Å²) in [4.78, 5) is 0. The Hall–Kier alpha value is -0.900. The molecule has 0 radical (unpaired) electrons. The van der Waals surface area contributed by atoms with E-state index in [4.69, 9.17) is 5.11 Å². The van der Waals surface area contributed by atoms with E-state index in [1.165, 1.54) is 17.2 Å². The molecule has 1 rings (SSSR count). The molecule has 8 heavy (non-hydrogen) atoms. The molecule has 1 atom stereocenters. The smallest absolute Gasteiger partial charge is 0.130 e. The first-order chi connectivity index (χ1) is 3.80. The van der Waals surface area contributed by atoms with Crippen LogP contribution in [0.5, 0.6) is 0 Å². The summed E-state index contributed by atoms with van der Waals surface area (Å²) in [7, 11) is 0. The molecular weight excluding hydrogens is 106 g/mol. The van der Waals surface area contributed by atoms with Gasteiger partial charge < -0.3 is 5.11 Å². The number of aliphatic hydroxyl groups excluding tert-OH is 1. The molecule has 0 fully saturated rings. The molecule has 0 aliphatic rings. The largest absolute Gasteiger partial charge is 0.373 e. The van der Waals surface area contributed by atoms with Gasteiger partial charge >= 0.3 is 0 Å². The first-order valence-electron chi connectivity index (χ1n) is 2.33. The van der Waals surface area contributed by atoms with Crippen LogP contribution in [0.3, 0.4) is 0 Å². The first kappa shape index (κ1) is 5.24. The van der Waals surface area contributed by atoms with Crippen molar-refractivity contribution in [3.63, 3.8) is 0 Å². The van der Waals surface area contributed by atoms with Gasteiger partial charge in [-0.15, -0.1) is 10.2 Å². The standard InChI is InChI=1S/C4H7N3O/c1-4(8)7-2-5-6-3-7/h2-4,8H,1H3. The Morgan fingerprint density at radius 2 is 2.00 bits per heavy atom. The molecule has 0 aliphatic heterocycles. The van der Waals surface area contributed by atoms with Gasteiger partial charge in [0.1, 0.15) is 18.9 Å². The average molecular weight is 113 g/mol. The zero-order chi connectivity index (χ0) is 5.98. The molecular formula is C4H7N3O. The molecule has 0 amide bonds. The van der Waals surface area contributed by atoms with E-state index in [1.54, 1.807) is 6.92 Å². The Morgan fingerprint density at radius 1 is 1.50 bits per heavy atom. The Bertz CT molecular complexity index is 146. The van der Waals surface area contributed by atoms with Gasteiger partial charge in [-0.1, -0.05) is 0 Å². The SMILES string of the molecule is CC(O)n1cnnc1. The second-order valence-electron chi connectivity index (χ2n) is 1.54. The lowest BCUT2D eigenvalue weighted by Gasteiger charge is -2.00. The molecule has 1 heterocycles. The van der Waals surface area contributed by atoms with Crippen LogP contribution in [0.4, 0.5) is 0 Å². The maximum atomic E-state index is 8.80. The highest BCUT2D eigenvalue weighted by atomic mass is 16.3. The Balaban J connectivity index is 2.77. The summed E-state index contributed by atoms with van der Waals surface area (Å²) < 4.78 is 1.50. The molecule has 1 aromatic heterocycles. The van der Waals surface area contributed by atoms with Crippen molar-refractivity contribution >= 4 is 0 Å². The van der Waals surface area contributed by atoms with Gasteiger partial charge in [0.15, 0.2) is 0 Å². The van der Waals surface area contributed by atoms with Gasteiger partial charge in [-0.2, -0.15) is 0 Å². The van der Waals surface area contributed by atoms with Crippen LogP contribution >= 0.6 is 0 Å². The van der Waals surface area contributed by atoms with Gasteiger partial charge in [-0.05, 0) is 6.92 Å². The summed E-state index contributed by atoms with van der Waals surface area (Å²) in [6.45, 7) is 1.64. The zero-order valence-electron chi connectivity index (χ0n) is 4.52. The van der Waals surface area contributed by atoms with Crippen molar-refractivity contribution in [1.29, 1.82) is 0 Å². The third-order valence-corrected chi connectivity index (χ3v) is 0.868. The number of hydrogen-bond acceptors (Lipinski definition) is 3. The summed E-state index contributed by atoms with van der Waals surface area (Å²) >= 11 is 0. The van der Waals surface area contributed by atoms with Crippen molar-refractivity contribution < 1.29 is 5.11 Å². The van der Waals surface area contributed by atoms with E-state index >= 15 is 0 Å². The van der Waals surface area contributed by atoms with E-state index in [0.717, 1.165) is 0 Å². The molecule has 0 aliphatic carbocycles. The predicted molar refractivity (Wildman–Crippen MR) is 27.0 cm³/mol. The van der Waals surface area contributed by atoms with Crippen LogP contribution in [-0.4, -0.2) is 19.9 Å². The maximum absolute atomic E-state index is 8.80. The molecule has 1 aromatic rings. The van der Waals surface area contributed by atoms with Crippen molar-refractivity contribution in [2.45, 2.75) is 13.2 Å². The number of rotatable bonds is 1. The van der Waals surface area contributed by atoms with Gasteiger partial charge in [0.2, 0.25) is 0 Å². The van der Waals surface area contributed by atoms with E-state index in [1.807, 2.05) is 0 Å². The molecule has 0 aromatic carbocycles. The Labute approximate surface area is 46.8 Å². The van der Waals surface area contributed by atoms with Crippen LogP contribution in [0.1, 0.15) is 13.2 Å². The van der Waals surface area contributed by atoms with Crippen molar-refractivity contribution in [3.05, 3.63) is 12.7 Å². The van der Waals surface area contributed by atoms with Crippen molar-refractivity contribution in [2.24, 2.45) is 0 Å². The molecule has 0 saturated heterocycles. The number of hydrogen-bond donors (Lipinski definition) is 1. The number of aromatic nitrogens is 3. The Kier molecular flexibility index (Phi) is 1.26. The second kappa shape index (κ2) is 1.92. The molecule has 0 saturated carbocycles. The average Bonchev–Trinajstić information content (AvgIpc) is 2.12. The number of aliphatic hydroxyl groups is 1. The predicted octanol–water partition coefficient (Wildman–Crippen LogP) is -0.211. The summed E-state index contributed by atoms with van der Waals surface area (Å²) in [5.74, 6) is 0. The fraction of sp³-hybridized carbons (Fsp3) is 0.500. The number of nitrogens with zero attached hydrogens (tertiary/aromatic N) is 3. The maximum Gasteiger partial charge on any atom is 0.130 e. The van der Waals surface area contributed by atoms with Crippen molar-refractivity contribution in [3.8, 4) is 0 Å². The van der Waals surface area contributed by atoms with Gasteiger partial charge in [0.05, 0.1) is 0 Å². The first-order valence-corrected chi connectivity index (χ1v) is 2.33. The van der Waals surface area contributed by atoms with Crippen LogP contribution in [0.2, 0.25) is 0 Å². The summed E-state index contributed by atoms with van der Waals surface area (Å²) in [6, 6.07) is 0. The summed E-state index contributed by atoms with van der Waals surface area (Å²) in [6.07, 6.45) is 2.40. The van der Waals surface area contributed by atoms with E-state index in [9.17, 15) is 0 Å². The second-order valence-corrected chi connectivity index (χ2v) is 1.54. The van der Waals surface area contributed by atoms with Gasteiger partial charge in [0, 0.05) is 0 Å². The zero-order valence-corrected chi connectivity index (χ0v) is 4.52. The topological polar surface area (TPSA) is 50.9 Å². The van der Waals surface area contributed by atoms with Crippen LogP contribution in [-0.2, 0) is 0 Å². The monoisotopic (exact) mass is 113 g/mol. The molecule has 44 valence electrons. The summed E-state index contributed by atoms with van der Waals surface area (Å²) in [5.41, 5.74) is 0. The molecule has 1 N–H and O–H groups in total. The molecule has 4 nitrogen and oxygen atoms in total. The summed E-state index contributed by atoms with van der Waals surface area (Å²) in [5, 5.41) is 15.8.